The largest absolute Gasteiger partial charge is 0.333 e. The summed E-state index contributed by atoms with van der Waals surface area (Å²) in [7, 11) is 1.85. The van der Waals surface area contributed by atoms with Crippen molar-refractivity contribution < 1.29 is 4.79 Å². The van der Waals surface area contributed by atoms with E-state index in [4.69, 9.17) is 0 Å². The molecule has 7 heteroatoms. The van der Waals surface area contributed by atoms with Crippen molar-refractivity contribution in [1.82, 2.24) is 24.6 Å². The fourth-order valence-corrected chi connectivity index (χ4v) is 4.29. The average Bonchev–Trinajstić information content (AvgIpc) is 3.16. The smallest absolute Gasteiger partial charge is 0.236 e. The molecule has 4 aromatic rings. The van der Waals surface area contributed by atoms with Crippen LogP contribution in [0.5, 0.6) is 0 Å². The number of aromatic nitrogens is 4. The van der Waals surface area contributed by atoms with Crippen molar-refractivity contribution in [1.29, 1.82) is 0 Å². The molecular weight excluding hydrogens is 394 g/mol. The van der Waals surface area contributed by atoms with Crippen LogP contribution in [0.4, 0.5) is 0 Å². The molecule has 0 saturated heterocycles. The van der Waals surface area contributed by atoms with Crippen molar-refractivity contribution in [2.24, 2.45) is 7.05 Å². The van der Waals surface area contributed by atoms with Crippen molar-refractivity contribution in [3.8, 4) is 0 Å². The Labute approximate surface area is 180 Å². The Hall–Kier alpha value is -3.19. The topological polar surface area (TPSA) is 63.9 Å². The molecule has 0 saturated carbocycles. The Morgan fingerprint density at radius 3 is 2.20 bits per heavy atom. The van der Waals surface area contributed by atoms with Gasteiger partial charge in [-0.05, 0) is 18.1 Å². The van der Waals surface area contributed by atoms with Crippen LogP contribution in [-0.2, 0) is 24.9 Å². The van der Waals surface area contributed by atoms with E-state index >= 15 is 0 Å². The SMILES string of the molecule is CC(Sc1ncnc2c1cnn2C)C(=O)N(Cc1ccccc1)Cc1ccccc1. The zero-order valence-corrected chi connectivity index (χ0v) is 17.8. The average molecular weight is 418 g/mol. The highest BCUT2D eigenvalue weighted by Crippen LogP contribution is 2.29. The van der Waals surface area contributed by atoms with E-state index in [1.54, 1.807) is 10.9 Å². The molecule has 0 spiro atoms. The Balaban J connectivity index is 1.56. The number of aryl methyl sites for hydroxylation is 1. The van der Waals surface area contributed by atoms with Gasteiger partial charge in [-0.1, -0.05) is 72.4 Å². The predicted molar refractivity (Wildman–Crippen MR) is 119 cm³/mol. The number of carbonyl (C=O) groups excluding carboxylic acids is 1. The summed E-state index contributed by atoms with van der Waals surface area (Å²) in [6, 6.07) is 20.2. The summed E-state index contributed by atoms with van der Waals surface area (Å²) in [5.41, 5.74) is 2.98. The van der Waals surface area contributed by atoms with Crippen LogP contribution >= 0.6 is 11.8 Å². The fraction of sp³-hybridized carbons (Fsp3) is 0.217. The normalized spacial score (nSPS) is 12.1. The Morgan fingerprint density at radius 1 is 1.00 bits per heavy atom. The van der Waals surface area contributed by atoms with Crippen LogP contribution in [-0.4, -0.2) is 35.8 Å². The van der Waals surface area contributed by atoms with Crippen molar-refractivity contribution in [2.45, 2.75) is 30.3 Å². The molecule has 2 aromatic carbocycles. The van der Waals surface area contributed by atoms with E-state index < -0.39 is 0 Å². The minimum atomic E-state index is -0.296. The zero-order valence-electron chi connectivity index (χ0n) is 17.0. The van der Waals surface area contributed by atoms with Crippen molar-refractivity contribution >= 4 is 28.7 Å². The van der Waals surface area contributed by atoms with Gasteiger partial charge in [0.05, 0.1) is 16.8 Å². The van der Waals surface area contributed by atoms with Gasteiger partial charge in [0.15, 0.2) is 5.65 Å². The molecule has 1 unspecified atom stereocenters. The monoisotopic (exact) mass is 417 g/mol. The third kappa shape index (κ3) is 4.52. The van der Waals surface area contributed by atoms with E-state index in [0.29, 0.717) is 13.1 Å². The lowest BCUT2D eigenvalue weighted by molar-refractivity contribution is -0.131. The molecule has 152 valence electrons. The first-order valence-corrected chi connectivity index (χ1v) is 10.7. The summed E-state index contributed by atoms with van der Waals surface area (Å²) in [4.78, 5) is 24.0. The Morgan fingerprint density at radius 2 is 1.60 bits per heavy atom. The van der Waals surface area contributed by atoms with Crippen molar-refractivity contribution in [3.05, 3.63) is 84.3 Å². The standard InChI is InChI=1S/C23H23N5OS/c1-17(30-22-20-13-26-27(2)21(20)24-16-25-22)23(29)28(14-18-9-5-3-6-10-18)15-19-11-7-4-8-12-19/h3-13,16-17H,14-15H2,1-2H3. The minimum Gasteiger partial charge on any atom is -0.333 e. The molecule has 0 aliphatic rings. The van der Waals surface area contributed by atoms with Gasteiger partial charge in [-0.15, -0.1) is 0 Å². The molecule has 30 heavy (non-hydrogen) atoms. The van der Waals surface area contributed by atoms with Gasteiger partial charge >= 0.3 is 0 Å². The molecule has 1 atom stereocenters. The van der Waals surface area contributed by atoms with Gasteiger partial charge in [0.2, 0.25) is 5.91 Å². The molecule has 6 nitrogen and oxygen atoms in total. The van der Waals surface area contributed by atoms with Crippen LogP contribution in [0, 0.1) is 0 Å². The van der Waals surface area contributed by atoms with E-state index in [0.717, 1.165) is 27.2 Å². The first kappa shape index (κ1) is 20.1. The minimum absolute atomic E-state index is 0.0726. The fourth-order valence-electron chi connectivity index (χ4n) is 3.33. The number of rotatable bonds is 7. The van der Waals surface area contributed by atoms with Crippen LogP contribution in [0.1, 0.15) is 18.1 Å². The molecule has 1 amide bonds. The number of nitrogens with zero attached hydrogens (tertiary/aromatic N) is 5. The van der Waals surface area contributed by atoms with E-state index in [9.17, 15) is 4.79 Å². The second-order valence-electron chi connectivity index (χ2n) is 7.11. The molecule has 0 N–H and O–H groups in total. The van der Waals surface area contributed by atoms with Gasteiger partial charge in [-0.3, -0.25) is 9.48 Å². The van der Waals surface area contributed by atoms with Crippen molar-refractivity contribution in [2.75, 3.05) is 0 Å². The number of hydrogen-bond donors (Lipinski definition) is 0. The first-order chi connectivity index (χ1) is 14.6. The number of fused-ring (bicyclic) bond motifs is 1. The quantitative estimate of drug-likeness (QED) is 0.335. The van der Waals surface area contributed by atoms with Gasteiger partial charge in [-0.25, -0.2) is 9.97 Å². The molecular formula is C23H23N5OS. The van der Waals surface area contributed by atoms with Gasteiger partial charge in [-0.2, -0.15) is 5.10 Å². The van der Waals surface area contributed by atoms with Crippen LogP contribution in [0.15, 0.2) is 78.2 Å². The second-order valence-corrected chi connectivity index (χ2v) is 8.44. The molecule has 4 rings (SSSR count). The highest BCUT2D eigenvalue weighted by Gasteiger charge is 2.24. The number of hydrogen-bond acceptors (Lipinski definition) is 5. The predicted octanol–water partition coefficient (Wildman–Crippen LogP) is 4.07. The van der Waals surface area contributed by atoms with Crippen LogP contribution in [0.25, 0.3) is 11.0 Å². The summed E-state index contributed by atoms with van der Waals surface area (Å²) in [6.07, 6.45) is 3.27. The molecule has 0 radical (unpaired) electrons. The molecule has 0 aliphatic heterocycles. The van der Waals surface area contributed by atoms with Crippen LogP contribution in [0.2, 0.25) is 0 Å². The maximum Gasteiger partial charge on any atom is 0.236 e. The highest BCUT2D eigenvalue weighted by molar-refractivity contribution is 8.00. The number of amides is 1. The second kappa shape index (κ2) is 9.09. The van der Waals surface area contributed by atoms with Crippen LogP contribution in [0.3, 0.4) is 0 Å². The van der Waals surface area contributed by atoms with E-state index in [2.05, 4.69) is 15.1 Å². The maximum absolute atomic E-state index is 13.4. The summed E-state index contributed by atoms with van der Waals surface area (Å²) in [5, 5.41) is 5.60. The molecule has 2 aromatic heterocycles. The lowest BCUT2D eigenvalue weighted by Crippen LogP contribution is -2.35. The lowest BCUT2D eigenvalue weighted by Gasteiger charge is -2.26. The first-order valence-electron chi connectivity index (χ1n) is 9.78. The number of thioether (sulfide) groups is 1. The summed E-state index contributed by atoms with van der Waals surface area (Å²) < 4.78 is 1.71. The van der Waals surface area contributed by atoms with E-state index in [1.807, 2.05) is 79.5 Å². The number of carbonyl (C=O) groups is 1. The highest BCUT2D eigenvalue weighted by atomic mass is 32.2. The number of benzene rings is 2. The maximum atomic E-state index is 13.4. The third-order valence-electron chi connectivity index (χ3n) is 4.87. The summed E-state index contributed by atoms with van der Waals surface area (Å²) >= 11 is 1.45. The molecule has 0 aliphatic carbocycles. The molecule has 2 heterocycles. The zero-order chi connectivity index (χ0) is 20.9. The van der Waals surface area contributed by atoms with E-state index in [-0.39, 0.29) is 11.2 Å². The summed E-state index contributed by atoms with van der Waals surface area (Å²) in [5.74, 6) is 0.0726. The molecule has 0 fully saturated rings. The van der Waals surface area contributed by atoms with Gasteiger partial charge in [0, 0.05) is 20.1 Å². The summed E-state index contributed by atoms with van der Waals surface area (Å²) in [6.45, 7) is 3.05. The Kier molecular flexibility index (Phi) is 6.09. The van der Waals surface area contributed by atoms with Gasteiger partial charge in [0.25, 0.3) is 0 Å². The van der Waals surface area contributed by atoms with Crippen molar-refractivity contribution in [3.63, 3.8) is 0 Å². The van der Waals surface area contributed by atoms with Gasteiger partial charge < -0.3 is 4.90 Å². The van der Waals surface area contributed by atoms with E-state index in [1.165, 1.54) is 18.1 Å². The lowest BCUT2D eigenvalue weighted by atomic mass is 10.1. The molecule has 0 bridgehead atoms. The van der Waals surface area contributed by atoms with Gasteiger partial charge in [0.1, 0.15) is 11.4 Å². The third-order valence-corrected chi connectivity index (χ3v) is 5.98. The Bertz CT molecular complexity index is 1090. The van der Waals surface area contributed by atoms with Crippen LogP contribution < -0.4 is 0 Å².